The molecule has 0 aliphatic carbocycles. The zero-order valence-electron chi connectivity index (χ0n) is 18.8. The fourth-order valence-electron chi connectivity index (χ4n) is 2.76. The van der Waals surface area contributed by atoms with E-state index in [9.17, 15) is 4.79 Å². The van der Waals surface area contributed by atoms with E-state index in [4.69, 9.17) is 4.74 Å². The van der Waals surface area contributed by atoms with Crippen LogP contribution in [0.25, 0.3) is 0 Å². The third-order valence-electron chi connectivity index (χ3n) is 4.51. The Hall–Kier alpha value is -3.72. The summed E-state index contributed by atoms with van der Waals surface area (Å²) in [5.74, 6) is 0.356. The number of ether oxygens (including phenoxy) is 1. The Morgan fingerprint density at radius 1 is 1.31 bits per heavy atom. The van der Waals surface area contributed by atoms with Crippen LogP contribution >= 0.6 is 0 Å². The number of carbonyl (C=O) groups is 1. The molecule has 4 N–H and O–H groups in total. The number of para-hydroxylation sites is 1. The first-order valence-corrected chi connectivity index (χ1v) is 10.4. The molecule has 1 aromatic carbocycles. The number of aromatic amines is 1. The van der Waals surface area contributed by atoms with Crippen LogP contribution in [-0.4, -0.2) is 47.9 Å². The smallest absolute Gasteiger partial charge is 0.254 e. The van der Waals surface area contributed by atoms with Crippen molar-refractivity contribution < 1.29 is 9.53 Å². The molecule has 32 heavy (non-hydrogen) atoms. The Morgan fingerprint density at radius 2 is 2.16 bits per heavy atom. The van der Waals surface area contributed by atoms with E-state index in [1.54, 1.807) is 31.0 Å². The molecule has 1 unspecified atom stereocenters. The molecule has 1 amide bonds. The quantitative estimate of drug-likeness (QED) is 0.284. The lowest BCUT2D eigenvalue weighted by Crippen LogP contribution is -2.29. The summed E-state index contributed by atoms with van der Waals surface area (Å²) in [5, 5.41) is 9.20. The van der Waals surface area contributed by atoms with E-state index in [0.29, 0.717) is 17.9 Å². The number of carbonyl (C=O) groups excluding carboxylic acids is 1. The van der Waals surface area contributed by atoms with Crippen molar-refractivity contribution in [3.8, 4) is 5.75 Å². The van der Waals surface area contributed by atoms with Crippen molar-refractivity contribution >= 4 is 24.0 Å². The molecule has 0 fully saturated rings. The number of benzene rings is 1. The van der Waals surface area contributed by atoms with Crippen molar-refractivity contribution in [3.63, 3.8) is 0 Å². The summed E-state index contributed by atoms with van der Waals surface area (Å²) in [4.78, 5) is 27.0. The molecule has 0 aliphatic rings. The number of amides is 1. The maximum absolute atomic E-state index is 12.3. The highest BCUT2D eigenvalue weighted by Crippen LogP contribution is 2.32. The van der Waals surface area contributed by atoms with Gasteiger partial charge in [-0.05, 0) is 44.8 Å². The van der Waals surface area contributed by atoms with Gasteiger partial charge >= 0.3 is 0 Å². The van der Waals surface area contributed by atoms with E-state index in [-0.39, 0.29) is 18.6 Å². The molecule has 0 radical (unpaired) electrons. The molecule has 0 aliphatic heterocycles. The van der Waals surface area contributed by atoms with Crippen LogP contribution < -0.4 is 20.7 Å². The van der Waals surface area contributed by atoms with E-state index in [1.165, 1.54) is 6.20 Å². The first kappa shape index (κ1) is 24.5. The third kappa shape index (κ3) is 7.51. The van der Waals surface area contributed by atoms with Crippen molar-refractivity contribution in [1.29, 1.82) is 0 Å². The zero-order valence-corrected chi connectivity index (χ0v) is 18.8. The van der Waals surface area contributed by atoms with E-state index in [2.05, 4.69) is 49.5 Å². The Kier molecular flexibility index (Phi) is 10.4. The van der Waals surface area contributed by atoms with Gasteiger partial charge in [-0.1, -0.05) is 19.1 Å². The summed E-state index contributed by atoms with van der Waals surface area (Å²) >= 11 is 0. The molecule has 170 valence electrons. The molecular weight excluding hydrogens is 406 g/mol. The second kappa shape index (κ2) is 13.6. The van der Waals surface area contributed by atoms with Crippen LogP contribution in [0, 0.1) is 0 Å². The second-order valence-corrected chi connectivity index (χ2v) is 6.79. The van der Waals surface area contributed by atoms with Gasteiger partial charge < -0.3 is 25.7 Å². The first-order chi connectivity index (χ1) is 15.6. The summed E-state index contributed by atoms with van der Waals surface area (Å²) in [6, 6.07) is 7.68. The Bertz CT molecular complexity index is 944. The van der Waals surface area contributed by atoms with Gasteiger partial charge in [0, 0.05) is 24.6 Å². The number of imidazole rings is 1. The Morgan fingerprint density at radius 3 is 2.78 bits per heavy atom. The molecule has 3 aromatic rings. The van der Waals surface area contributed by atoms with Gasteiger partial charge in [0.1, 0.15) is 5.75 Å². The van der Waals surface area contributed by atoms with E-state index < -0.39 is 0 Å². The summed E-state index contributed by atoms with van der Waals surface area (Å²) in [6.45, 7) is 8.58. The van der Waals surface area contributed by atoms with Gasteiger partial charge in [-0.25, -0.2) is 4.98 Å². The first-order valence-electron chi connectivity index (χ1n) is 10.4. The van der Waals surface area contributed by atoms with Crippen LogP contribution in [-0.2, 0) is 0 Å². The molecule has 2 heterocycles. The highest BCUT2D eigenvalue weighted by molar-refractivity contribution is 5.94. The van der Waals surface area contributed by atoms with Gasteiger partial charge in [0.2, 0.25) is 0 Å². The number of aliphatic imine (C=N–C) groups is 1. The van der Waals surface area contributed by atoms with Crippen LogP contribution in [0.1, 0.15) is 42.2 Å². The van der Waals surface area contributed by atoms with Crippen molar-refractivity contribution in [1.82, 2.24) is 25.6 Å². The molecular formula is C23H31N7O2. The number of aromatic nitrogens is 3. The third-order valence-corrected chi connectivity index (χ3v) is 4.51. The highest BCUT2D eigenvalue weighted by atomic mass is 16.5. The maximum atomic E-state index is 12.3. The maximum Gasteiger partial charge on any atom is 0.254 e. The summed E-state index contributed by atoms with van der Waals surface area (Å²) < 4.78 is 5.51. The number of hydrogen-bond donors (Lipinski definition) is 4. The van der Waals surface area contributed by atoms with Gasteiger partial charge in [-0.2, -0.15) is 0 Å². The minimum absolute atomic E-state index is 0.138. The van der Waals surface area contributed by atoms with Gasteiger partial charge in [0.05, 0.1) is 42.7 Å². The largest absolute Gasteiger partial charge is 0.492 e. The van der Waals surface area contributed by atoms with Gasteiger partial charge in [0.25, 0.3) is 5.91 Å². The van der Waals surface area contributed by atoms with Crippen molar-refractivity contribution in [2.75, 3.05) is 25.6 Å². The van der Waals surface area contributed by atoms with Crippen LogP contribution in [0.4, 0.5) is 11.4 Å². The van der Waals surface area contributed by atoms with E-state index in [1.807, 2.05) is 32.2 Å². The van der Waals surface area contributed by atoms with Crippen molar-refractivity contribution in [2.45, 2.75) is 26.3 Å². The standard InChI is InChI=1S/C20H27N5O2.C3H4N2/c1-5-9-27-16-10-15(11-23-12-16)20(26)25-13-24-18-8-6-7-17(14(2)21-3)19(18)22-4;1-2-5-3-4-1/h6-8,10-12,14,21,24H,4-5,9,13H2,1-3H3,(H,25,26);1-3H,(H,4,5). The summed E-state index contributed by atoms with van der Waals surface area (Å²) in [5.41, 5.74) is 3.06. The lowest BCUT2D eigenvalue weighted by Gasteiger charge is -2.17. The summed E-state index contributed by atoms with van der Waals surface area (Å²) in [7, 11) is 1.89. The molecule has 2 aromatic heterocycles. The number of rotatable bonds is 10. The van der Waals surface area contributed by atoms with Crippen LogP contribution in [0.15, 0.2) is 60.4 Å². The lowest BCUT2D eigenvalue weighted by atomic mass is 10.0. The van der Waals surface area contributed by atoms with E-state index >= 15 is 0 Å². The molecule has 0 saturated heterocycles. The number of pyridine rings is 1. The monoisotopic (exact) mass is 437 g/mol. The fraction of sp³-hybridized carbons (Fsp3) is 0.304. The molecule has 9 heteroatoms. The minimum atomic E-state index is -0.232. The average molecular weight is 438 g/mol. The van der Waals surface area contributed by atoms with E-state index in [0.717, 1.165) is 23.4 Å². The van der Waals surface area contributed by atoms with Crippen molar-refractivity contribution in [2.24, 2.45) is 4.99 Å². The molecule has 0 spiro atoms. The average Bonchev–Trinajstić information content (AvgIpc) is 3.42. The minimum Gasteiger partial charge on any atom is -0.492 e. The second-order valence-electron chi connectivity index (χ2n) is 6.79. The normalized spacial score (nSPS) is 11.0. The van der Waals surface area contributed by atoms with Crippen LogP contribution in [0.2, 0.25) is 0 Å². The number of nitrogens with one attached hydrogen (secondary N) is 4. The number of anilines is 1. The predicted octanol–water partition coefficient (Wildman–Crippen LogP) is 3.69. The number of nitrogens with zero attached hydrogens (tertiary/aromatic N) is 3. The van der Waals surface area contributed by atoms with Crippen molar-refractivity contribution in [3.05, 3.63) is 66.5 Å². The highest BCUT2D eigenvalue weighted by Gasteiger charge is 2.12. The van der Waals surface area contributed by atoms with Gasteiger partial charge in [-0.15, -0.1) is 0 Å². The zero-order chi connectivity index (χ0) is 23.2. The fourth-order valence-corrected chi connectivity index (χ4v) is 2.76. The SMILES string of the molecule is C=Nc1c(NCNC(=O)c2cncc(OCCC)c2)cccc1C(C)NC.c1c[nH]cn1. The Labute approximate surface area is 188 Å². The molecule has 0 saturated carbocycles. The van der Waals surface area contributed by atoms with Crippen LogP contribution in [0.5, 0.6) is 5.75 Å². The number of H-pyrrole nitrogens is 1. The topological polar surface area (TPSA) is 116 Å². The molecule has 9 nitrogen and oxygen atoms in total. The Balaban J connectivity index is 0.000000636. The van der Waals surface area contributed by atoms with Crippen LogP contribution in [0.3, 0.4) is 0 Å². The molecule has 3 rings (SSSR count). The molecule has 0 bridgehead atoms. The lowest BCUT2D eigenvalue weighted by molar-refractivity contribution is 0.0955. The molecule has 1 atom stereocenters. The number of hydrogen-bond acceptors (Lipinski definition) is 7. The predicted molar refractivity (Wildman–Crippen MR) is 128 cm³/mol. The van der Waals surface area contributed by atoms with Gasteiger partial charge in [0.15, 0.2) is 0 Å². The summed E-state index contributed by atoms with van der Waals surface area (Å²) in [6.07, 6.45) is 9.09. The van der Waals surface area contributed by atoms with Gasteiger partial charge in [-0.3, -0.25) is 14.8 Å².